The van der Waals surface area contributed by atoms with E-state index >= 15 is 0 Å². The van der Waals surface area contributed by atoms with E-state index < -0.39 is 0 Å². The maximum absolute atomic E-state index is 5.44. The number of hydrogen-bond acceptors (Lipinski definition) is 1. The van der Waals surface area contributed by atoms with Crippen LogP contribution in [0.25, 0.3) is 0 Å². The van der Waals surface area contributed by atoms with Crippen LogP contribution in [0.1, 0.15) is 31.2 Å². The van der Waals surface area contributed by atoms with Gasteiger partial charge in [0, 0.05) is 13.0 Å². The lowest BCUT2D eigenvalue weighted by atomic mass is 9.93. The van der Waals surface area contributed by atoms with Gasteiger partial charge in [0.05, 0.1) is 6.10 Å². The summed E-state index contributed by atoms with van der Waals surface area (Å²) in [4.78, 5) is 0. The van der Waals surface area contributed by atoms with Gasteiger partial charge in [0.15, 0.2) is 0 Å². The summed E-state index contributed by atoms with van der Waals surface area (Å²) in [7, 11) is 1.77. The summed E-state index contributed by atoms with van der Waals surface area (Å²) in [6, 6.07) is 10.3. The smallest absolute Gasteiger partial charge is 0.0639 e. The fraction of sp³-hybridized carbons (Fsp3) is 0.462. The summed E-state index contributed by atoms with van der Waals surface area (Å²) < 4.78 is 5.44. The largest absolute Gasteiger partial charge is 0.381 e. The molecule has 0 heterocycles. The normalized spacial score (nSPS) is 15.1. The first kappa shape index (κ1) is 11.3. The molecule has 0 spiro atoms. The van der Waals surface area contributed by atoms with Crippen molar-refractivity contribution in [3.8, 4) is 0 Å². The van der Waals surface area contributed by atoms with E-state index in [0.717, 1.165) is 12.8 Å². The standard InChI is InChI=1S/C13H19O/c1-4-8-13(14-3)11(2)12-9-6-5-7-10-12/h5-7,9-11,13H,2,4,8H2,1,3H3. The van der Waals surface area contributed by atoms with Crippen LogP contribution in [-0.4, -0.2) is 13.2 Å². The Hall–Kier alpha value is -0.820. The Bertz CT molecular complexity index is 243. The van der Waals surface area contributed by atoms with Gasteiger partial charge in [-0.25, -0.2) is 0 Å². The van der Waals surface area contributed by atoms with E-state index in [-0.39, 0.29) is 12.0 Å². The second-order valence-corrected chi connectivity index (χ2v) is 3.58. The molecule has 0 saturated heterocycles. The second kappa shape index (κ2) is 5.82. The molecule has 0 aliphatic heterocycles. The van der Waals surface area contributed by atoms with Gasteiger partial charge in [-0.3, -0.25) is 0 Å². The molecule has 1 heteroatoms. The minimum Gasteiger partial charge on any atom is -0.381 e. The van der Waals surface area contributed by atoms with Gasteiger partial charge in [0.25, 0.3) is 0 Å². The van der Waals surface area contributed by atoms with Gasteiger partial charge in [0.2, 0.25) is 0 Å². The summed E-state index contributed by atoms with van der Waals surface area (Å²) in [6.45, 7) is 6.34. The van der Waals surface area contributed by atoms with Crippen LogP contribution in [0.4, 0.5) is 0 Å². The van der Waals surface area contributed by atoms with Crippen LogP contribution in [0.2, 0.25) is 0 Å². The van der Waals surface area contributed by atoms with Crippen molar-refractivity contribution in [3.05, 3.63) is 42.8 Å². The maximum Gasteiger partial charge on any atom is 0.0639 e. The number of hydrogen-bond donors (Lipinski definition) is 0. The highest BCUT2D eigenvalue weighted by atomic mass is 16.5. The van der Waals surface area contributed by atoms with Gasteiger partial charge < -0.3 is 4.74 Å². The summed E-state index contributed by atoms with van der Waals surface area (Å²) >= 11 is 0. The molecule has 0 bridgehead atoms. The van der Waals surface area contributed by atoms with Crippen molar-refractivity contribution in [2.75, 3.05) is 7.11 Å². The molecular formula is C13H19O. The summed E-state index contributed by atoms with van der Waals surface area (Å²) in [5.41, 5.74) is 1.26. The van der Waals surface area contributed by atoms with Crippen molar-refractivity contribution in [3.63, 3.8) is 0 Å². The third-order valence-corrected chi connectivity index (χ3v) is 2.55. The molecule has 0 N–H and O–H groups in total. The van der Waals surface area contributed by atoms with E-state index in [1.54, 1.807) is 7.11 Å². The second-order valence-electron chi connectivity index (χ2n) is 3.58. The topological polar surface area (TPSA) is 9.23 Å². The minimum absolute atomic E-state index is 0.237. The van der Waals surface area contributed by atoms with Gasteiger partial charge in [0.1, 0.15) is 0 Å². The lowest BCUT2D eigenvalue weighted by molar-refractivity contribution is 0.0822. The van der Waals surface area contributed by atoms with E-state index in [1.165, 1.54) is 5.56 Å². The van der Waals surface area contributed by atoms with Crippen LogP contribution in [-0.2, 0) is 4.74 Å². The molecule has 0 fully saturated rings. The maximum atomic E-state index is 5.44. The zero-order valence-electron chi connectivity index (χ0n) is 9.07. The Morgan fingerprint density at radius 1 is 1.29 bits per heavy atom. The number of rotatable bonds is 5. The summed E-state index contributed by atoms with van der Waals surface area (Å²) in [6.07, 6.45) is 2.44. The number of ether oxygens (including phenoxy) is 1. The van der Waals surface area contributed by atoms with Crippen molar-refractivity contribution in [2.45, 2.75) is 31.8 Å². The monoisotopic (exact) mass is 191 g/mol. The molecule has 2 atom stereocenters. The van der Waals surface area contributed by atoms with E-state index in [2.05, 4.69) is 26.0 Å². The summed E-state index contributed by atoms with van der Waals surface area (Å²) in [5.74, 6) is 0.237. The predicted molar refractivity (Wildman–Crippen MR) is 60.2 cm³/mol. The molecule has 0 aromatic heterocycles. The van der Waals surface area contributed by atoms with Gasteiger partial charge in [-0.15, -0.1) is 0 Å². The van der Waals surface area contributed by atoms with Crippen molar-refractivity contribution in [1.82, 2.24) is 0 Å². The Balaban J connectivity index is 2.67. The van der Waals surface area contributed by atoms with Crippen LogP contribution in [0, 0.1) is 6.92 Å². The molecule has 1 radical (unpaired) electrons. The molecule has 1 aromatic carbocycles. The molecule has 0 aliphatic carbocycles. The SMILES string of the molecule is [CH2]C(c1ccccc1)C(CCC)OC. The zero-order valence-corrected chi connectivity index (χ0v) is 9.07. The summed E-state index contributed by atoms with van der Waals surface area (Å²) in [5, 5.41) is 0. The van der Waals surface area contributed by atoms with Gasteiger partial charge in [-0.05, 0) is 18.9 Å². The highest BCUT2D eigenvalue weighted by Gasteiger charge is 2.16. The van der Waals surface area contributed by atoms with E-state index in [4.69, 9.17) is 4.74 Å². The molecule has 0 aliphatic rings. The zero-order chi connectivity index (χ0) is 10.4. The Labute approximate surface area is 87.1 Å². The van der Waals surface area contributed by atoms with E-state index in [9.17, 15) is 0 Å². The third-order valence-electron chi connectivity index (χ3n) is 2.55. The lowest BCUT2D eigenvalue weighted by Gasteiger charge is -2.22. The predicted octanol–water partition coefficient (Wildman–Crippen LogP) is 3.42. The average Bonchev–Trinajstić information content (AvgIpc) is 2.26. The van der Waals surface area contributed by atoms with Crippen LogP contribution >= 0.6 is 0 Å². The number of benzene rings is 1. The van der Waals surface area contributed by atoms with Crippen LogP contribution in [0.5, 0.6) is 0 Å². The first-order valence-electron chi connectivity index (χ1n) is 5.20. The quantitative estimate of drug-likeness (QED) is 0.693. The molecule has 77 valence electrons. The highest BCUT2D eigenvalue weighted by molar-refractivity contribution is 5.21. The van der Waals surface area contributed by atoms with Gasteiger partial charge >= 0.3 is 0 Å². The molecule has 1 rings (SSSR count). The van der Waals surface area contributed by atoms with Crippen LogP contribution in [0.3, 0.4) is 0 Å². The number of methoxy groups -OCH3 is 1. The van der Waals surface area contributed by atoms with E-state index in [1.807, 2.05) is 18.2 Å². The Kier molecular flexibility index (Phi) is 4.68. The molecule has 2 unspecified atom stereocenters. The lowest BCUT2D eigenvalue weighted by Crippen LogP contribution is -2.18. The molecule has 0 amide bonds. The average molecular weight is 191 g/mol. The fourth-order valence-electron chi connectivity index (χ4n) is 1.68. The van der Waals surface area contributed by atoms with Crippen LogP contribution < -0.4 is 0 Å². The van der Waals surface area contributed by atoms with Crippen LogP contribution in [0.15, 0.2) is 30.3 Å². The van der Waals surface area contributed by atoms with Crippen molar-refractivity contribution >= 4 is 0 Å². The molecule has 14 heavy (non-hydrogen) atoms. The first-order chi connectivity index (χ1) is 6.79. The van der Waals surface area contributed by atoms with Crippen molar-refractivity contribution in [2.24, 2.45) is 0 Å². The van der Waals surface area contributed by atoms with Crippen molar-refractivity contribution < 1.29 is 4.74 Å². The Morgan fingerprint density at radius 2 is 1.93 bits per heavy atom. The first-order valence-corrected chi connectivity index (χ1v) is 5.20. The minimum atomic E-state index is 0.237. The third kappa shape index (κ3) is 2.85. The fourth-order valence-corrected chi connectivity index (χ4v) is 1.68. The highest BCUT2D eigenvalue weighted by Crippen LogP contribution is 2.23. The van der Waals surface area contributed by atoms with E-state index in [0.29, 0.717) is 0 Å². The molecule has 1 aromatic rings. The molecule has 0 saturated carbocycles. The van der Waals surface area contributed by atoms with Gasteiger partial charge in [-0.2, -0.15) is 0 Å². The Morgan fingerprint density at radius 3 is 2.43 bits per heavy atom. The van der Waals surface area contributed by atoms with Gasteiger partial charge in [-0.1, -0.05) is 43.7 Å². The van der Waals surface area contributed by atoms with Crippen molar-refractivity contribution in [1.29, 1.82) is 0 Å². The molecular weight excluding hydrogens is 172 g/mol. The molecule has 1 nitrogen and oxygen atoms in total.